The third-order valence-electron chi connectivity index (χ3n) is 5.07. The number of hydrogen-bond donors (Lipinski definition) is 1. The lowest BCUT2D eigenvalue weighted by Crippen LogP contribution is -2.42. The molecular formula is C21H23N3O2S. The number of rotatable bonds is 4. The molecule has 6 heteroatoms. The van der Waals surface area contributed by atoms with Gasteiger partial charge in [-0.05, 0) is 37.1 Å². The Morgan fingerprint density at radius 2 is 2.07 bits per heavy atom. The molecule has 140 valence electrons. The molecule has 0 unspecified atom stereocenters. The molecule has 0 saturated carbocycles. The van der Waals surface area contributed by atoms with E-state index < -0.39 is 0 Å². The van der Waals surface area contributed by atoms with Crippen molar-refractivity contribution in [2.45, 2.75) is 19.4 Å². The molecule has 5 nitrogen and oxygen atoms in total. The number of ether oxygens (including phenoxy) is 1. The standard InChI is InChI=1S/C21H23N3O2S/c1-14(20-23-17-8-4-6-10-19(17)27-20)24(2)21(25)22-12-15-11-16-7-3-5-9-18(16)26-13-15/h3-10,14-15H,11-13H2,1-2H3,(H,22,25)/t14-,15-/m0/s1. The van der Waals surface area contributed by atoms with Gasteiger partial charge in [0.25, 0.3) is 0 Å². The summed E-state index contributed by atoms with van der Waals surface area (Å²) in [6.07, 6.45) is 0.924. The highest BCUT2D eigenvalue weighted by molar-refractivity contribution is 7.18. The van der Waals surface area contributed by atoms with Crippen LogP contribution in [0.3, 0.4) is 0 Å². The minimum absolute atomic E-state index is 0.0780. The Kier molecular flexibility index (Phi) is 4.99. The molecule has 3 aromatic rings. The van der Waals surface area contributed by atoms with Crippen molar-refractivity contribution in [1.82, 2.24) is 15.2 Å². The Morgan fingerprint density at radius 1 is 1.30 bits per heavy atom. The van der Waals surface area contributed by atoms with Crippen molar-refractivity contribution >= 4 is 27.6 Å². The number of para-hydroxylation sites is 2. The van der Waals surface area contributed by atoms with Gasteiger partial charge in [0.2, 0.25) is 0 Å². The molecule has 0 saturated heterocycles. The summed E-state index contributed by atoms with van der Waals surface area (Å²) in [5.41, 5.74) is 2.19. The van der Waals surface area contributed by atoms with E-state index in [0.717, 1.165) is 27.4 Å². The number of aromatic nitrogens is 1. The van der Waals surface area contributed by atoms with Crippen molar-refractivity contribution in [2.75, 3.05) is 20.2 Å². The lowest BCUT2D eigenvalue weighted by atomic mass is 9.97. The van der Waals surface area contributed by atoms with Crippen molar-refractivity contribution in [1.29, 1.82) is 0 Å². The Balaban J connectivity index is 1.35. The Bertz CT molecular complexity index is 922. The highest BCUT2D eigenvalue weighted by Crippen LogP contribution is 2.29. The number of nitrogens with zero attached hydrogens (tertiary/aromatic N) is 2. The van der Waals surface area contributed by atoms with Gasteiger partial charge in [-0.3, -0.25) is 0 Å². The fraction of sp³-hybridized carbons (Fsp3) is 0.333. The Morgan fingerprint density at radius 3 is 2.93 bits per heavy atom. The van der Waals surface area contributed by atoms with Gasteiger partial charge in [0.05, 0.1) is 22.9 Å². The molecule has 0 spiro atoms. The summed E-state index contributed by atoms with van der Waals surface area (Å²) in [7, 11) is 1.82. The molecule has 1 aliphatic heterocycles. The second-order valence-corrected chi connectivity index (χ2v) is 8.04. The van der Waals surface area contributed by atoms with Crippen LogP contribution in [0.2, 0.25) is 0 Å². The summed E-state index contributed by atoms with van der Waals surface area (Å²) >= 11 is 1.64. The van der Waals surface area contributed by atoms with E-state index >= 15 is 0 Å². The highest BCUT2D eigenvalue weighted by Gasteiger charge is 2.23. The van der Waals surface area contributed by atoms with Gasteiger partial charge in [0.1, 0.15) is 10.8 Å². The third-order valence-corrected chi connectivity index (χ3v) is 6.27. The maximum absolute atomic E-state index is 12.6. The maximum atomic E-state index is 12.6. The molecule has 27 heavy (non-hydrogen) atoms. The fourth-order valence-electron chi connectivity index (χ4n) is 3.29. The van der Waals surface area contributed by atoms with Crippen LogP contribution in [0.15, 0.2) is 48.5 Å². The fourth-order valence-corrected chi connectivity index (χ4v) is 4.35. The average Bonchev–Trinajstić information content (AvgIpc) is 3.15. The lowest BCUT2D eigenvalue weighted by Gasteiger charge is -2.28. The van der Waals surface area contributed by atoms with Crippen molar-refractivity contribution in [2.24, 2.45) is 5.92 Å². The van der Waals surface area contributed by atoms with Gasteiger partial charge < -0.3 is 15.0 Å². The van der Waals surface area contributed by atoms with Crippen molar-refractivity contribution < 1.29 is 9.53 Å². The van der Waals surface area contributed by atoms with Gasteiger partial charge in [-0.2, -0.15) is 0 Å². The van der Waals surface area contributed by atoms with E-state index in [-0.39, 0.29) is 18.0 Å². The van der Waals surface area contributed by atoms with E-state index in [1.807, 2.05) is 50.4 Å². The van der Waals surface area contributed by atoms with E-state index in [9.17, 15) is 4.79 Å². The molecule has 0 radical (unpaired) electrons. The van der Waals surface area contributed by atoms with Crippen LogP contribution < -0.4 is 10.1 Å². The van der Waals surface area contributed by atoms with Crippen LogP contribution in [-0.2, 0) is 6.42 Å². The molecule has 0 aliphatic carbocycles. The predicted molar refractivity (Wildman–Crippen MR) is 108 cm³/mol. The summed E-state index contributed by atoms with van der Waals surface area (Å²) in [5, 5.41) is 4.00. The number of thiazole rings is 1. The van der Waals surface area contributed by atoms with Crippen LogP contribution in [0.1, 0.15) is 23.5 Å². The average molecular weight is 382 g/mol. The van der Waals surface area contributed by atoms with Gasteiger partial charge in [-0.25, -0.2) is 9.78 Å². The second kappa shape index (κ2) is 7.56. The van der Waals surface area contributed by atoms with Crippen molar-refractivity contribution in [3.05, 3.63) is 59.1 Å². The van der Waals surface area contributed by atoms with Gasteiger partial charge in [0.15, 0.2) is 0 Å². The Labute approximate surface area is 163 Å². The molecule has 1 aromatic heterocycles. The normalized spacial score (nSPS) is 17.0. The van der Waals surface area contributed by atoms with Crippen LogP contribution in [-0.4, -0.2) is 36.1 Å². The zero-order valence-corrected chi connectivity index (χ0v) is 16.3. The van der Waals surface area contributed by atoms with Crippen molar-refractivity contribution in [3.8, 4) is 5.75 Å². The van der Waals surface area contributed by atoms with Gasteiger partial charge in [0, 0.05) is 19.5 Å². The van der Waals surface area contributed by atoms with Crippen molar-refractivity contribution in [3.63, 3.8) is 0 Å². The molecule has 1 N–H and O–H groups in total. The van der Waals surface area contributed by atoms with Crippen LogP contribution in [0, 0.1) is 5.92 Å². The monoisotopic (exact) mass is 381 g/mol. The summed E-state index contributed by atoms with van der Waals surface area (Å²) in [6, 6.07) is 16.0. The van der Waals surface area contributed by atoms with E-state index in [0.29, 0.717) is 13.2 Å². The number of hydrogen-bond acceptors (Lipinski definition) is 4. The molecule has 2 aromatic carbocycles. The second-order valence-electron chi connectivity index (χ2n) is 6.98. The SMILES string of the molecule is C[C@@H](c1nc2ccccc2s1)N(C)C(=O)NC[C@H]1COc2ccccc2C1. The maximum Gasteiger partial charge on any atom is 0.317 e. The first-order valence-electron chi connectivity index (χ1n) is 9.18. The predicted octanol–water partition coefficient (Wildman–Crippen LogP) is 4.25. The molecule has 4 rings (SSSR count). The smallest absolute Gasteiger partial charge is 0.317 e. The van der Waals surface area contributed by atoms with Gasteiger partial charge in [-0.1, -0.05) is 30.3 Å². The third kappa shape index (κ3) is 3.76. The quantitative estimate of drug-likeness (QED) is 0.735. The van der Waals surface area contributed by atoms with E-state index in [2.05, 4.69) is 22.4 Å². The molecule has 1 aliphatic rings. The van der Waals surface area contributed by atoms with Gasteiger partial charge in [-0.15, -0.1) is 11.3 Å². The number of amides is 2. The molecular weight excluding hydrogens is 358 g/mol. The van der Waals surface area contributed by atoms with E-state index in [4.69, 9.17) is 4.74 Å². The van der Waals surface area contributed by atoms with Gasteiger partial charge >= 0.3 is 6.03 Å². The first-order valence-corrected chi connectivity index (χ1v) is 10.0. The number of urea groups is 1. The summed E-state index contributed by atoms with van der Waals surface area (Å²) in [6.45, 7) is 3.25. The minimum Gasteiger partial charge on any atom is -0.493 e. The largest absolute Gasteiger partial charge is 0.493 e. The number of carbonyl (C=O) groups excluding carboxylic acids is 1. The minimum atomic E-state index is -0.0828. The van der Waals surface area contributed by atoms with Crippen LogP contribution in [0.4, 0.5) is 4.79 Å². The summed E-state index contributed by atoms with van der Waals surface area (Å²) in [4.78, 5) is 19.0. The van der Waals surface area contributed by atoms with E-state index in [1.54, 1.807) is 16.2 Å². The number of fused-ring (bicyclic) bond motifs is 2. The van der Waals surface area contributed by atoms with Crippen LogP contribution in [0.5, 0.6) is 5.75 Å². The molecule has 2 atom stereocenters. The Hall–Kier alpha value is -2.60. The molecule has 2 heterocycles. The molecule has 2 amide bonds. The summed E-state index contributed by atoms with van der Waals surface area (Å²) in [5.74, 6) is 1.25. The lowest BCUT2D eigenvalue weighted by molar-refractivity contribution is 0.183. The number of benzene rings is 2. The first kappa shape index (κ1) is 17.8. The van der Waals surface area contributed by atoms with E-state index in [1.165, 1.54) is 5.56 Å². The number of carbonyl (C=O) groups is 1. The van der Waals surface area contributed by atoms with Crippen LogP contribution >= 0.6 is 11.3 Å². The summed E-state index contributed by atoms with van der Waals surface area (Å²) < 4.78 is 6.95. The zero-order valence-electron chi connectivity index (χ0n) is 15.5. The first-order chi connectivity index (χ1) is 13.1. The zero-order chi connectivity index (χ0) is 18.8. The molecule has 0 fully saturated rings. The highest BCUT2D eigenvalue weighted by atomic mass is 32.1. The topological polar surface area (TPSA) is 54.5 Å². The van der Waals surface area contributed by atoms with Crippen LogP contribution in [0.25, 0.3) is 10.2 Å². The molecule has 0 bridgehead atoms. The number of nitrogens with one attached hydrogen (secondary N) is 1.